The van der Waals surface area contributed by atoms with E-state index in [9.17, 15) is 4.79 Å². The predicted molar refractivity (Wildman–Crippen MR) is 73.4 cm³/mol. The molecule has 1 aromatic rings. The van der Waals surface area contributed by atoms with Crippen LogP contribution in [-0.2, 0) is 4.79 Å². The highest BCUT2D eigenvalue weighted by Gasteiger charge is 2.29. The van der Waals surface area contributed by atoms with Crippen molar-refractivity contribution in [2.45, 2.75) is 37.9 Å². The second kappa shape index (κ2) is 6.70. The van der Waals surface area contributed by atoms with Crippen LogP contribution in [0, 0.1) is 6.92 Å². The Morgan fingerprint density at radius 3 is 2.61 bits per heavy atom. The van der Waals surface area contributed by atoms with Crippen LogP contribution >= 0.6 is 11.8 Å². The zero-order chi connectivity index (χ0) is 13.6. The summed E-state index contributed by atoms with van der Waals surface area (Å²) in [5, 5.41) is 3.85. The summed E-state index contributed by atoms with van der Waals surface area (Å²) in [6.45, 7) is 6.45. The van der Waals surface area contributed by atoms with Gasteiger partial charge in [0.15, 0.2) is 5.16 Å². The van der Waals surface area contributed by atoms with Gasteiger partial charge in [-0.2, -0.15) is 0 Å². The minimum Gasteiger partial charge on any atom is -0.368 e. The lowest BCUT2D eigenvalue weighted by Gasteiger charge is -2.26. The van der Waals surface area contributed by atoms with E-state index in [0.717, 1.165) is 16.5 Å². The Labute approximate surface area is 112 Å². The van der Waals surface area contributed by atoms with Gasteiger partial charge in [0.1, 0.15) is 0 Å². The van der Waals surface area contributed by atoms with Crippen LogP contribution in [0.15, 0.2) is 17.6 Å². The van der Waals surface area contributed by atoms with Gasteiger partial charge in [-0.1, -0.05) is 18.7 Å². The molecule has 0 aliphatic carbocycles. The molecule has 1 aromatic heterocycles. The lowest BCUT2D eigenvalue weighted by molar-refractivity contribution is -0.123. The van der Waals surface area contributed by atoms with Crippen LogP contribution < -0.4 is 11.1 Å². The van der Waals surface area contributed by atoms with Crippen molar-refractivity contribution >= 4 is 17.7 Å². The van der Waals surface area contributed by atoms with Crippen molar-refractivity contribution in [3.63, 3.8) is 0 Å². The highest BCUT2D eigenvalue weighted by Crippen LogP contribution is 2.18. The number of amides is 1. The third kappa shape index (κ3) is 4.27. The van der Waals surface area contributed by atoms with Crippen LogP contribution in [0.4, 0.5) is 0 Å². The lowest BCUT2D eigenvalue weighted by Crippen LogP contribution is -2.53. The maximum absolute atomic E-state index is 11.4. The second-order valence-electron chi connectivity index (χ2n) is 4.37. The highest BCUT2D eigenvalue weighted by molar-refractivity contribution is 7.99. The van der Waals surface area contributed by atoms with Crippen LogP contribution in [0.25, 0.3) is 0 Å². The number of aromatic nitrogens is 2. The summed E-state index contributed by atoms with van der Waals surface area (Å²) >= 11 is 1.53. The number of primary amides is 1. The summed E-state index contributed by atoms with van der Waals surface area (Å²) in [5.41, 5.74) is 5.79. The van der Waals surface area contributed by atoms with E-state index in [1.165, 1.54) is 11.8 Å². The summed E-state index contributed by atoms with van der Waals surface area (Å²) in [4.78, 5) is 19.8. The van der Waals surface area contributed by atoms with E-state index in [2.05, 4.69) is 15.3 Å². The normalized spacial score (nSPS) is 14.2. The number of hydrogen-bond donors (Lipinski definition) is 2. The number of likely N-dealkylation sites (N-methyl/N-ethyl adjacent to an activating group) is 1. The zero-order valence-corrected chi connectivity index (χ0v) is 11.9. The van der Waals surface area contributed by atoms with Gasteiger partial charge in [-0.05, 0) is 32.4 Å². The number of nitrogens with one attached hydrogen (secondary N) is 1. The Hall–Kier alpha value is -1.14. The van der Waals surface area contributed by atoms with Crippen molar-refractivity contribution in [2.75, 3.05) is 12.3 Å². The van der Waals surface area contributed by atoms with Crippen LogP contribution in [0.1, 0.15) is 25.8 Å². The molecule has 1 amide bonds. The Morgan fingerprint density at radius 2 is 2.11 bits per heavy atom. The molecule has 1 unspecified atom stereocenters. The molecule has 0 aliphatic heterocycles. The van der Waals surface area contributed by atoms with Crippen molar-refractivity contribution in [2.24, 2.45) is 5.73 Å². The number of thioether (sulfide) groups is 1. The van der Waals surface area contributed by atoms with Crippen molar-refractivity contribution in [3.8, 4) is 0 Å². The van der Waals surface area contributed by atoms with Crippen molar-refractivity contribution in [1.82, 2.24) is 15.3 Å². The van der Waals surface area contributed by atoms with Crippen LogP contribution in [-0.4, -0.2) is 33.7 Å². The van der Waals surface area contributed by atoms with Gasteiger partial charge in [-0.25, -0.2) is 9.97 Å². The van der Waals surface area contributed by atoms with Gasteiger partial charge in [0.05, 0.1) is 5.54 Å². The van der Waals surface area contributed by atoms with E-state index in [4.69, 9.17) is 5.73 Å². The predicted octanol–water partition coefficient (Wildman–Crippen LogP) is 1.12. The third-order valence-corrected chi connectivity index (χ3v) is 3.58. The first kappa shape index (κ1) is 14.9. The maximum atomic E-state index is 11.4. The van der Waals surface area contributed by atoms with Crippen molar-refractivity contribution in [1.29, 1.82) is 0 Å². The minimum atomic E-state index is -0.660. The molecule has 0 fully saturated rings. The first-order valence-corrected chi connectivity index (χ1v) is 6.93. The van der Waals surface area contributed by atoms with E-state index in [-0.39, 0.29) is 5.91 Å². The molecule has 5 nitrogen and oxygen atoms in total. The van der Waals surface area contributed by atoms with Gasteiger partial charge in [-0.15, -0.1) is 0 Å². The van der Waals surface area contributed by atoms with Gasteiger partial charge in [0, 0.05) is 18.1 Å². The number of aryl methyl sites for hydroxylation is 1. The molecule has 0 aliphatic rings. The molecule has 1 rings (SSSR count). The summed E-state index contributed by atoms with van der Waals surface area (Å²) in [6, 6.07) is 0. The van der Waals surface area contributed by atoms with Crippen LogP contribution in [0.2, 0.25) is 0 Å². The Kier molecular flexibility index (Phi) is 5.55. The number of rotatable bonds is 7. The van der Waals surface area contributed by atoms with Gasteiger partial charge in [-0.3, -0.25) is 4.79 Å². The number of carbonyl (C=O) groups excluding carboxylic acids is 1. The summed E-state index contributed by atoms with van der Waals surface area (Å²) in [7, 11) is 0. The zero-order valence-electron chi connectivity index (χ0n) is 11.1. The average molecular weight is 268 g/mol. The molecule has 0 aromatic carbocycles. The molecular weight excluding hydrogens is 248 g/mol. The minimum absolute atomic E-state index is 0.324. The maximum Gasteiger partial charge on any atom is 0.237 e. The van der Waals surface area contributed by atoms with Crippen molar-refractivity contribution in [3.05, 3.63) is 18.0 Å². The summed E-state index contributed by atoms with van der Waals surface area (Å²) in [6.07, 6.45) is 4.22. The molecule has 0 bridgehead atoms. The molecule has 0 saturated carbocycles. The molecule has 0 saturated heterocycles. The Bertz CT molecular complexity index is 396. The third-order valence-electron chi connectivity index (χ3n) is 2.70. The van der Waals surface area contributed by atoms with Crippen molar-refractivity contribution < 1.29 is 4.79 Å². The molecule has 1 atom stereocenters. The van der Waals surface area contributed by atoms with E-state index in [1.54, 1.807) is 12.4 Å². The quantitative estimate of drug-likeness (QED) is 0.572. The fourth-order valence-electron chi connectivity index (χ4n) is 1.49. The van der Waals surface area contributed by atoms with Crippen LogP contribution in [0.5, 0.6) is 0 Å². The number of nitrogens with two attached hydrogens (primary N) is 1. The second-order valence-corrected chi connectivity index (χ2v) is 5.43. The molecule has 3 N–H and O–H groups in total. The largest absolute Gasteiger partial charge is 0.368 e. The Morgan fingerprint density at radius 1 is 1.50 bits per heavy atom. The lowest BCUT2D eigenvalue weighted by atomic mass is 9.98. The van der Waals surface area contributed by atoms with E-state index >= 15 is 0 Å². The number of carbonyl (C=O) groups is 1. The topological polar surface area (TPSA) is 80.9 Å². The van der Waals surface area contributed by atoms with E-state index in [1.807, 2.05) is 20.8 Å². The van der Waals surface area contributed by atoms with Gasteiger partial charge >= 0.3 is 0 Å². The molecule has 18 heavy (non-hydrogen) atoms. The highest BCUT2D eigenvalue weighted by atomic mass is 32.2. The molecule has 100 valence electrons. The number of nitrogens with zero attached hydrogens (tertiary/aromatic N) is 2. The molecule has 0 spiro atoms. The fraction of sp³-hybridized carbons (Fsp3) is 0.583. The first-order valence-electron chi connectivity index (χ1n) is 5.94. The molecule has 6 heteroatoms. The van der Waals surface area contributed by atoms with E-state index in [0.29, 0.717) is 13.0 Å². The smallest absolute Gasteiger partial charge is 0.237 e. The molecular formula is C12H20N4OS. The first-order chi connectivity index (χ1) is 8.48. The van der Waals surface area contributed by atoms with E-state index < -0.39 is 5.54 Å². The molecule has 1 heterocycles. The monoisotopic (exact) mass is 268 g/mol. The number of hydrogen-bond acceptors (Lipinski definition) is 5. The fourth-order valence-corrected chi connectivity index (χ4v) is 2.44. The molecule has 0 radical (unpaired) electrons. The summed E-state index contributed by atoms with van der Waals surface area (Å²) in [5.74, 6) is 0.421. The van der Waals surface area contributed by atoms with Gasteiger partial charge < -0.3 is 11.1 Å². The standard InChI is InChI=1S/C12H20N4OS/c1-4-16-12(3,10(13)17)5-6-18-11-14-7-9(2)8-15-11/h7-8,16H,4-6H2,1-3H3,(H2,13,17). The average Bonchev–Trinajstić information content (AvgIpc) is 2.32. The van der Waals surface area contributed by atoms with Crippen LogP contribution in [0.3, 0.4) is 0 Å². The van der Waals surface area contributed by atoms with Gasteiger partial charge in [0.2, 0.25) is 5.91 Å². The Balaban J connectivity index is 2.48. The SMILES string of the molecule is CCNC(C)(CCSc1ncc(C)cn1)C(N)=O. The summed E-state index contributed by atoms with van der Waals surface area (Å²) < 4.78 is 0. The van der Waals surface area contributed by atoms with Gasteiger partial charge in [0.25, 0.3) is 0 Å².